The summed E-state index contributed by atoms with van der Waals surface area (Å²) in [4.78, 5) is 12.5. The van der Waals surface area contributed by atoms with Gasteiger partial charge in [0.15, 0.2) is 5.78 Å². The van der Waals surface area contributed by atoms with Crippen molar-refractivity contribution in [1.29, 1.82) is 0 Å². The fraction of sp³-hybridized carbons (Fsp3) is 0.316. The first-order chi connectivity index (χ1) is 10.1. The highest BCUT2D eigenvalue weighted by Crippen LogP contribution is 2.17. The molecule has 0 aliphatic heterocycles. The van der Waals surface area contributed by atoms with E-state index in [0.717, 1.165) is 41.9 Å². The second-order valence-electron chi connectivity index (χ2n) is 5.43. The number of rotatable bonds is 6. The predicted octanol–water partition coefficient (Wildman–Crippen LogP) is 4.71. The first-order valence-electron chi connectivity index (χ1n) is 7.46. The standard InChI is InChI=1S/C19H22O2/c1-4-5-10-21-18-8-6-16(7-9-18)19(20)17-12-14(2)11-15(3)13-17/h6-9,11-13H,4-5,10H2,1-3H3. The molecular weight excluding hydrogens is 260 g/mol. The van der Waals surface area contributed by atoms with Crippen molar-refractivity contribution in [2.24, 2.45) is 0 Å². The maximum atomic E-state index is 12.5. The molecule has 2 nitrogen and oxygen atoms in total. The molecule has 0 spiro atoms. The molecule has 0 aliphatic rings. The van der Waals surface area contributed by atoms with Crippen molar-refractivity contribution >= 4 is 5.78 Å². The lowest BCUT2D eigenvalue weighted by atomic mass is 9.99. The molecule has 0 radical (unpaired) electrons. The van der Waals surface area contributed by atoms with E-state index in [1.54, 1.807) is 0 Å². The van der Waals surface area contributed by atoms with E-state index < -0.39 is 0 Å². The molecule has 2 rings (SSSR count). The topological polar surface area (TPSA) is 26.3 Å². The van der Waals surface area contributed by atoms with E-state index in [-0.39, 0.29) is 5.78 Å². The number of hydrogen-bond donors (Lipinski definition) is 0. The van der Waals surface area contributed by atoms with Gasteiger partial charge in [-0.15, -0.1) is 0 Å². The molecule has 0 aromatic heterocycles. The second-order valence-corrected chi connectivity index (χ2v) is 5.43. The number of benzene rings is 2. The first-order valence-corrected chi connectivity index (χ1v) is 7.46. The highest BCUT2D eigenvalue weighted by atomic mass is 16.5. The third-order valence-electron chi connectivity index (χ3n) is 3.37. The van der Waals surface area contributed by atoms with Crippen LogP contribution in [0.5, 0.6) is 5.75 Å². The second kappa shape index (κ2) is 7.07. The van der Waals surface area contributed by atoms with Crippen LogP contribution in [0.25, 0.3) is 0 Å². The summed E-state index contributed by atoms with van der Waals surface area (Å²) in [5.74, 6) is 0.877. The number of carbonyl (C=O) groups is 1. The molecule has 21 heavy (non-hydrogen) atoms. The van der Waals surface area contributed by atoms with Gasteiger partial charge in [0.05, 0.1) is 6.61 Å². The molecular formula is C19H22O2. The SMILES string of the molecule is CCCCOc1ccc(C(=O)c2cc(C)cc(C)c2)cc1. The molecule has 0 atom stereocenters. The Hall–Kier alpha value is -2.09. The zero-order valence-corrected chi connectivity index (χ0v) is 13.0. The number of unbranched alkanes of at least 4 members (excludes halogenated alkanes) is 1. The summed E-state index contributed by atoms with van der Waals surface area (Å²) in [6.45, 7) is 6.87. The van der Waals surface area contributed by atoms with Gasteiger partial charge in [0, 0.05) is 11.1 Å². The van der Waals surface area contributed by atoms with Gasteiger partial charge in [-0.1, -0.05) is 30.5 Å². The average Bonchev–Trinajstić information content (AvgIpc) is 2.46. The smallest absolute Gasteiger partial charge is 0.193 e. The molecule has 2 heteroatoms. The minimum Gasteiger partial charge on any atom is -0.494 e. The van der Waals surface area contributed by atoms with Crippen LogP contribution >= 0.6 is 0 Å². The lowest BCUT2D eigenvalue weighted by Gasteiger charge is -2.07. The molecule has 0 fully saturated rings. The molecule has 0 heterocycles. The van der Waals surface area contributed by atoms with E-state index >= 15 is 0 Å². The molecule has 0 saturated carbocycles. The van der Waals surface area contributed by atoms with Gasteiger partial charge in [0.2, 0.25) is 0 Å². The maximum absolute atomic E-state index is 12.5. The zero-order valence-electron chi connectivity index (χ0n) is 13.0. The summed E-state index contributed by atoms with van der Waals surface area (Å²) in [6, 6.07) is 13.3. The third kappa shape index (κ3) is 4.19. The van der Waals surface area contributed by atoms with Crippen LogP contribution in [-0.4, -0.2) is 12.4 Å². The van der Waals surface area contributed by atoms with Crippen molar-refractivity contribution in [3.05, 3.63) is 64.7 Å². The molecule has 0 bridgehead atoms. The van der Waals surface area contributed by atoms with Gasteiger partial charge >= 0.3 is 0 Å². The predicted molar refractivity (Wildman–Crippen MR) is 86.2 cm³/mol. The van der Waals surface area contributed by atoms with Gasteiger partial charge in [-0.25, -0.2) is 0 Å². The fourth-order valence-corrected chi connectivity index (χ4v) is 2.31. The van der Waals surface area contributed by atoms with Gasteiger partial charge in [0.25, 0.3) is 0 Å². The number of hydrogen-bond acceptors (Lipinski definition) is 2. The summed E-state index contributed by atoms with van der Waals surface area (Å²) in [7, 11) is 0. The number of carbonyl (C=O) groups excluding carboxylic acids is 1. The van der Waals surface area contributed by atoms with Crippen LogP contribution in [-0.2, 0) is 0 Å². The molecule has 0 amide bonds. The molecule has 0 N–H and O–H groups in total. The Morgan fingerprint density at radius 2 is 1.57 bits per heavy atom. The highest BCUT2D eigenvalue weighted by molar-refractivity contribution is 6.09. The Morgan fingerprint density at radius 3 is 2.14 bits per heavy atom. The van der Waals surface area contributed by atoms with Crippen LogP contribution < -0.4 is 4.74 Å². The lowest BCUT2D eigenvalue weighted by molar-refractivity contribution is 0.103. The van der Waals surface area contributed by atoms with Crippen LogP contribution in [0, 0.1) is 13.8 Å². The normalized spacial score (nSPS) is 10.4. The Kier molecular flexibility index (Phi) is 5.15. The van der Waals surface area contributed by atoms with Gasteiger partial charge in [-0.05, 0) is 56.7 Å². The van der Waals surface area contributed by atoms with Crippen LogP contribution in [0.2, 0.25) is 0 Å². The van der Waals surface area contributed by atoms with E-state index in [9.17, 15) is 4.79 Å². The Balaban J connectivity index is 2.12. The van der Waals surface area contributed by atoms with Crippen LogP contribution in [0.3, 0.4) is 0 Å². The minimum absolute atomic E-state index is 0.0573. The molecule has 0 saturated heterocycles. The largest absolute Gasteiger partial charge is 0.494 e. The Morgan fingerprint density at radius 1 is 0.952 bits per heavy atom. The van der Waals surface area contributed by atoms with Crippen molar-refractivity contribution in [2.75, 3.05) is 6.61 Å². The highest BCUT2D eigenvalue weighted by Gasteiger charge is 2.10. The molecule has 0 aliphatic carbocycles. The van der Waals surface area contributed by atoms with Gasteiger partial charge in [-0.2, -0.15) is 0 Å². The van der Waals surface area contributed by atoms with Crippen molar-refractivity contribution in [3.63, 3.8) is 0 Å². The zero-order chi connectivity index (χ0) is 15.2. The van der Waals surface area contributed by atoms with Crippen molar-refractivity contribution in [2.45, 2.75) is 33.6 Å². The van der Waals surface area contributed by atoms with Gasteiger partial charge in [-0.3, -0.25) is 4.79 Å². The van der Waals surface area contributed by atoms with E-state index in [0.29, 0.717) is 5.56 Å². The van der Waals surface area contributed by atoms with Crippen molar-refractivity contribution < 1.29 is 9.53 Å². The van der Waals surface area contributed by atoms with E-state index in [4.69, 9.17) is 4.74 Å². The summed E-state index contributed by atoms with van der Waals surface area (Å²) in [6.07, 6.45) is 2.16. The third-order valence-corrected chi connectivity index (χ3v) is 3.37. The first kappa shape index (κ1) is 15.3. The number of ether oxygens (including phenoxy) is 1. The van der Waals surface area contributed by atoms with Gasteiger partial charge in [0.1, 0.15) is 5.75 Å². The van der Waals surface area contributed by atoms with E-state index in [2.05, 4.69) is 13.0 Å². The molecule has 2 aromatic carbocycles. The summed E-state index contributed by atoms with van der Waals surface area (Å²) in [5, 5.41) is 0. The summed E-state index contributed by atoms with van der Waals surface area (Å²) < 4.78 is 5.61. The monoisotopic (exact) mass is 282 g/mol. The van der Waals surface area contributed by atoms with Crippen molar-refractivity contribution in [1.82, 2.24) is 0 Å². The molecule has 0 unspecified atom stereocenters. The minimum atomic E-state index is 0.0573. The Labute approximate surface area is 126 Å². The fourth-order valence-electron chi connectivity index (χ4n) is 2.31. The van der Waals surface area contributed by atoms with Crippen LogP contribution in [0.4, 0.5) is 0 Å². The quantitative estimate of drug-likeness (QED) is 0.566. The lowest BCUT2D eigenvalue weighted by Crippen LogP contribution is -2.03. The average molecular weight is 282 g/mol. The maximum Gasteiger partial charge on any atom is 0.193 e. The summed E-state index contributed by atoms with van der Waals surface area (Å²) >= 11 is 0. The molecule has 110 valence electrons. The summed E-state index contributed by atoms with van der Waals surface area (Å²) in [5.41, 5.74) is 3.66. The van der Waals surface area contributed by atoms with Crippen LogP contribution in [0.1, 0.15) is 46.8 Å². The van der Waals surface area contributed by atoms with E-state index in [1.807, 2.05) is 50.2 Å². The van der Waals surface area contributed by atoms with Gasteiger partial charge < -0.3 is 4.74 Å². The van der Waals surface area contributed by atoms with Crippen LogP contribution in [0.15, 0.2) is 42.5 Å². The Bertz CT molecular complexity index is 592. The number of aryl methyl sites for hydroxylation is 2. The van der Waals surface area contributed by atoms with E-state index in [1.165, 1.54) is 0 Å². The number of ketones is 1. The van der Waals surface area contributed by atoms with Crippen molar-refractivity contribution in [3.8, 4) is 5.75 Å². The molecule has 2 aromatic rings.